The van der Waals surface area contributed by atoms with Gasteiger partial charge in [0.25, 0.3) is 0 Å². The summed E-state index contributed by atoms with van der Waals surface area (Å²) < 4.78 is 6.58. The number of benzene rings is 1. The second-order valence-electron chi connectivity index (χ2n) is 7.32. The molecule has 2 heterocycles. The molecule has 0 N–H and O–H groups in total. The van der Waals surface area contributed by atoms with Crippen LogP contribution in [0.3, 0.4) is 0 Å². The van der Waals surface area contributed by atoms with Crippen molar-refractivity contribution in [2.75, 3.05) is 0 Å². The SMILES string of the molecule is CC(OC(=O)C(C)N1C(=O)C2CCCCC2C1=O)c1nc2ccccc2s1. The number of carbonyl (C=O) groups is 3. The van der Waals surface area contributed by atoms with E-state index < -0.39 is 18.1 Å². The number of imide groups is 1. The quantitative estimate of drug-likeness (QED) is 0.594. The van der Waals surface area contributed by atoms with Crippen molar-refractivity contribution in [2.24, 2.45) is 11.8 Å². The number of aromatic nitrogens is 1. The Morgan fingerprint density at radius 2 is 1.78 bits per heavy atom. The van der Waals surface area contributed by atoms with E-state index in [2.05, 4.69) is 4.98 Å². The van der Waals surface area contributed by atoms with Crippen LogP contribution in [0.5, 0.6) is 0 Å². The van der Waals surface area contributed by atoms with Crippen LogP contribution in [0.2, 0.25) is 0 Å². The number of para-hydroxylation sites is 1. The molecule has 4 rings (SSSR count). The first-order valence-electron chi connectivity index (χ1n) is 9.40. The Hall–Kier alpha value is -2.28. The van der Waals surface area contributed by atoms with Crippen LogP contribution in [0.15, 0.2) is 24.3 Å². The minimum absolute atomic E-state index is 0.221. The number of fused-ring (bicyclic) bond motifs is 2. The number of likely N-dealkylation sites (tertiary alicyclic amines) is 1. The Bertz CT molecular complexity index is 851. The number of hydrogen-bond donors (Lipinski definition) is 0. The van der Waals surface area contributed by atoms with Gasteiger partial charge < -0.3 is 4.74 Å². The Kier molecular flexibility index (Phi) is 4.72. The molecule has 0 radical (unpaired) electrons. The molecule has 6 nitrogen and oxygen atoms in total. The van der Waals surface area contributed by atoms with Crippen LogP contribution in [-0.2, 0) is 19.1 Å². The molecule has 0 spiro atoms. The molecule has 1 aromatic carbocycles. The molecule has 1 aliphatic heterocycles. The van der Waals surface area contributed by atoms with Crippen molar-refractivity contribution >= 4 is 39.3 Å². The smallest absolute Gasteiger partial charge is 0.329 e. The van der Waals surface area contributed by atoms with Crippen molar-refractivity contribution < 1.29 is 19.1 Å². The fourth-order valence-corrected chi connectivity index (χ4v) is 5.01. The van der Waals surface area contributed by atoms with Crippen LogP contribution < -0.4 is 0 Å². The van der Waals surface area contributed by atoms with E-state index in [1.165, 1.54) is 11.3 Å². The number of nitrogens with zero attached hydrogens (tertiary/aromatic N) is 2. The Morgan fingerprint density at radius 1 is 1.15 bits per heavy atom. The summed E-state index contributed by atoms with van der Waals surface area (Å²) in [5.41, 5.74) is 0.863. The molecular weight excluding hydrogens is 364 g/mol. The zero-order chi connectivity index (χ0) is 19.1. The fraction of sp³-hybridized carbons (Fsp3) is 0.500. The number of ether oxygens (including phenoxy) is 1. The molecule has 2 aromatic rings. The second-order valence-corrected chi connectivity index (χ2v) is 8.38. The van der Waals surface area contributed by atoms with Crippen LogP contribution >= 0.6 is 11.3 Å². The predicted molar refractivity (Wildman–Crippen MR) is 101 cm³/mol. The summed E-state index contributed by atoms with van der Waals surface area (Å²) in [7, 11) is 0. The largest absolute Gasteiger partial charge is 0.454 e. The van der Waals surface area contributed by atoms with Gasteiger partial charge >= 0.3 is 5.97 Å². The highest BCUT2D eigenvalue weighted by molar-refractivity contribution is 7.18. The summed E-state index contributed by atoms with van der Waals surface area (Å²) in [6.45, 7) is 3.33. The highest BCUT2D eigenvalue weighted by atomic mass is 32.1. The maximum absolute atomic E-state index is 12.7. The normalized spacial score (nSPS) is 24.7. The highest BCUT2D eigenvalue weighted by Crippen LogP contribution is 2.39. The zero-order valence-corrected chi connectivity index (χ0v) is 16.2. The molecule has 4 atom stereocenters. The molecule has 2 aliphatic rings. The van der Waals surface area contributed by atoms with Crippen molar-refractivity contribution in [1.29, 1.82) is 0 Å². The summed E-state index contributed by atoms with van der Waals surface area (Å²) in [4.78, 5) is 43.6. The van der Waals surface area contributed by atoms with Gasteiger partial charge in [-0.25, -0.2) is 9.78 Å². The van der Waals surface area contributed by atoms with E-state index in [1.54, 1.807) is 13.8 Å². The van der Waals surface area contributed by atoms with Gasteiger partial charge in [0.2, 0.25) is 11.8 Å². The monoisotopic (exact) mass is 386 g/mol. The lowest BCUT2D eigenvalue weighted by atomic mass is 9.81. The molecule has 27 heavy (non-hydrogen) atoms. The zero-order valence-electron chi connectivity index (χ0n) is 15.4. The Balaban J connectivity index is 1.47. The van der Waals surface area contributed by atoms with E-state index in [0.717, 1.165) is 40.8 Å². The van der Waals surface area contributed by atoms with Crippen LogP contribution in [0, 0.1) is 11.8 Å². The molecule has 1 aromatic heterocycles. The van der Waals surface area contributed by atoms with Gasteiger partial charge in [0.05, 0.1) is 22.1 Å². The van der Waals surface area contributed by atoms with Crippen LogP contribution in [-0.4, -0.2) is 33.7 Å². The topological polar surface area (TPSA) is 76.6 Å². The van der Waals surface area contributed by atoms with Crippen molar-refractivity contribution in [3.8, 4) is 0 Å². The van der Waals surface area contributed by atoms with Crippen molar-refractivity contribution in [3.05, 3.63) is 29.3 Å². The molecule has 2 fully saturated rings. The van der Waals surface area contributed by atoms with E-state index in [1.807, 2.05) is 24.3 Å². The molecule has 0 bridgehead atoms. The lowest BCUT2D eigenvalue weighted by Gasteiger charge is -2.23. The van der Waals surface area contributed by atoms with Gasteiger partial charge in [-0.3, -0.25) is 14.5 Å². The third kappa shape index (κ3) is 3.14. The Labute approximate surface area is 161 Å². The summed E-state index contributed by atoms with van der Waals surface area (Å²) in [5, 5.41) is 0.699. The van der Waals surface area contributed by atoms with Crippen LogP contribution in [0.25, 0.3) is 10.2 Å². The molecule has 7 heteroatoms. The molecule has 2 amide bonds. The van der Waals surface area contributed by atoms with E-state index in [0.29, 0.717) is 5.01 Å². The molecule has 4 unspecified atom stereocenters. The lowest BCUT2D eigenvalue weighted by molar-refractivity contribution is -0.161. The van der Waals surface area contributed by atoms with Gasteiger partial charge in [0.15, 0.2) is 6.10 Å². The lowest BCUT2D eigenvalue weighted by Crippen LogP contribution is -2.44. The van der Waals surface area contributed by atoms with Crippen LogP contribution in [0.4, 0.5) is 0 Å². The number of thiazole rings is 1. The highest BCUT2D eigenvalue weighted by Gasteiger charge is 2.51. The molecule has 1 saturated heterocycles. The second kappa shape index (κ2) is 7.03. The standard InChI is InChI=1S/C20H22N2O4S/c1-11(22-18(23)13-7-3-4-8-14(13)19(22)24)20(25)26-12(2)17-21-15-9-5-6-10-16(15)27-17/h5-6,9-14H,3-4,7-8H2,1-2H3. The van der Waals surface area contributed by atoms with E-state index in [-0.39, 0.29) is 23.7 Å². The third-order valence-electron chi connectivity index (χ3n) is 5.55. The number of esters is 1. The van der Waals surface area contributed by atoms with E-state index in [4.69, 9.17) is 4.74 Å². The first-order chi connectivity index (χ1) is 13.0. The van der Waals surface area contributed by atoms with Gasteiger partial charge in [-0.2, -0.15) is 0 Å². The fourth-order valence-electron chi connectivity index (χ4n) is 4.06. The van der Waals surface area contributed by atoms with Crippen molar-refractivity contribution in [1.82, 2.24) is 9.88 Å². The number of carbonyl (C=O) groups excluding carboxylic acids is 3. The Morgan fingerprint density at radius 3 is 2.41 bits per heavy atom. The average Bonchev–Trinajstić information content (AvgIpc) is 3.21. The first-order valence-corrected chi connectivity index (χ1v) is 10.2. The molecular formula is C20H22N2O4S. The van der Waals surface area contributed by atoms with E-state index in [9.17, 15) is 14.4 Å². The number of amides is 2. The minimum atomic E-state index is -0.910. The van der Waals surface area contributed by atoms with Crippen molar-refractivity contribution in [3.63, 3.8) is 0 Å². The third-order valence-corrected chi connectivity index (χ3v) is 6.75. The summed E-state index contributed by atoms with van der Waals surface area (Å²) in [6.07, 6.45) is 2.85. The van der Waals surface area contributed by atoms with Crippen molar-refractivity contribution in [2.45, 2.75) is 51.7 Å². The summed E-state index contributed by atoms with van der Waals surface area (Å²) >= 11 is 1.47. The minimum Gasteiger partial charge on any atom is -0.454 e. The molecule has 1 aliphatic carbocycles. The van der Waals surface area contributed by atoms with Gasteiger partial charge in [0, 0.05) is 0 Å². The van der Waals surface area contributed by atoms with Gasteiger partial charge in [-0.05, 0) is 38.8 Å². The van der Waals surface area contributed by atoms with Crippen LogP contribution in [0.1, 0.15) is 50.6 Å². The maximum Gasteiger partial charge on any atom is 0.329 e. The van der Waals surface area contributed by atoms with E-state index >= 15 is 0 Å². The molecule has 142 valence electrons. The predicted octanol–water partition coefficient (Wildman–Crippen LogP) is 3.46. The summed E-state index contributed by atoms with van der Waals surface area (Å²) in [6, 6.07) is 6.82. The summed E-state index contributed by atoms with van der Waals surface area (Å²) in [5.74, 6) is -1.53. The molecule has 1 saturated carbocycles. The van der Waals surface area contributed by atoms with Gasteiger partial charge in [0.1, 0.15) is 11.0 Å². The average molecular weight is 386 g/mol. The number of hydrogen-bond acceptors (Lipinski definition) is 6. The maximum atomic E-state index is 12.7. The first kappa shape index (κ1) is 18.1. The number of rotatable bonds is 4. The van der Waals surface area contributed by atoms with Gasteiger partial charge in [-0.1, -0.05) is 25.0 Å². The van der Waals surface area contributed by atoms with Gasteiger partial charge in [-0.15, -0.1) is 11.3 Å².